The summed E-state index contributed by atoms with van der Waals surface area (Å²) in [4.78, 5) is 22.8. The molecule has 4 atom stereocenters. The van der Waals surface area contributed by atoms with E-state index < -0.39 is 44.3 Å². The summed E-state index contributed by atoms with van der Waals surface area (Å²) < 4.78 is 44.4. The molecule has 0 aromatic carbocycles. The number of ether oxygens (including phenoxy) is 6. The summed E-state index contributed by atoms with van der Waals surface area (Å²) in [5, 5.41) is 0. The Kier molecular flexibility index (Phi) is 11.2. The first kappa shape index (κ1) is 25.4. The van der Waals surface area contributed by atoms with Gasteiger partial charge in [0.05, 0.1) is 0 Å². The molecule has 0 aliphatic carbocycles. The zero-order valence-electron chi connectivity index (χ0n) is 16.3. The van der Waals surface area contributed by atoms with Gasteiger partial charge >= 0.3 is 17.5 Å². The SMILES string of the molecule is C=CC(=O)OC(C)OC(C)(OCC)C(OCC)(OC(C)OC(=O)C=C)P=O. The van der Waals surface area contributed by atoms with Gasteiger partial charge in [-0.15, -0.1) is 0 Å². The van der Waals surface area contributed by atoms with Crippen molar-refractivity contribution in [2.75, 3.05) is 13.2 Å². The summed E-state index contributed by atoms with van der Waals surface area (Å²) in [5.74, 6) is -3.28. The van der Waals surface area contributed by atoms with Crippen LogP contribution in [-0.2, 0) is 42.6 Å². The second-order valence-electron chi connectivity index (χ2n) is 5.14. The van der Waals surface area contributed by atoms with E-state index in [2.05, 4.69) is 13.2 Å². The van der Waals surface area contributed by atoms with Crippen LogP contribution in [-0.4, -0.2) is 49.0 Å². The second kappa shape index (κ2) is 11.9. The van der Waals surface area contributed by atoms with E-state index in [-0.39, 0.29) is 13.2 Å². The average Bonchev–Trinajstić information content (AvgIpc) is 2.60. The highest BCUT2D eigenvalue weighted by Crippen LogP contribution is 2.43. The number of rotatable bonds is 14. The monoisotopic (exact) mass is 406 g/mol. The molecule has 0 aromatic heterocycles. The van der Waals surface area contributed by atoms with E-state index in [0.29, 0.717) is 0 Å². The summed E-state index contributed by atoms with van der Waals surface area (Å²) >= 11 is 0. The van der Waals surface area contributed by atoms with Gasteiger partial charge in [0.15, 0.2) is 0 Å². The Hall–Kier alpha value is -1.64. The Bertz CT molecular complexity index is 538. The molecular weight excluding hydrogens is 379 g/mol. The van der Waals surface area contributed by atoms with Gasteiger partial charge in [-0.2, -0.15) is 0 Å². The van der Waals surface area contributed by atoms with Crippen molar-refractivity contribution < 1.29 is 42.6 Å². The molecule has 0 spiro atoms. The van der Waals surface area contributed by atoms with Crippen molar-refractivity contribution in [2.45, 2.75) is 58.5 Å². The van der Waals surface area contributed by atoms with Crippen LogP contribution in [0.15, 0.2) is 25.3 Å². The summed E-state index contributed by atoms with van der Waals surface area (Å²) in [5.41, 5.74) is -2.03. The molecule has 0 amide bonds. The molecule has 0 rings (SSSR count). The predicted octanol–water partition coefficient (Wildman–Crippen LogP) is 2.90. The molecule has 0 aromatic rings. The first-order valence-electron chi connectivity index (χ1n) is 8.27. The Morgan fingerprint density at radius 3 is 1.78 bits per heavy atom. The zero-order chi connectivity index (χ0) is 21.1. The smallest absolute Gasteiger partial charge is 0.332 e. The van der Waals surface area contributed by atoms with Gasteiger partial charge in [0, 0.05) is 25.4 Å². The lowest BCUT2D eigenvalue weighted by Crippen LogP contribution is -2.58. The van der Waals surface area contributed by atoms with Crippen molar-refractivity contribution in [1.29, 1.82) is 0 Å². The lowest BCUT2D eigenvalue weighted by atomic mass is 10.3. The fourth-order valence-electron chi connectivity index (χ4n) is 2.09. The van der Waals surface area contributed by atoms with Crippen LogP contribution in [0.4, 0.5) is 0 Å². The molecule has 0 aliphatic heterocycles. The lowest BCUT2D eigenvalue weighted by molar-refractivity contribution is -0.407. The molecule has 0 heterocycles. The van der Waals surface area contributed by atoms with E-state index in [1.807, 2.05) is 0 Å². The van der Waals surface area contributed by atoms with Gasteiger partial charge in [-0.25, -0.2) is 9.59 Å². The van der Waals surface area contributed by atoms with E-state index in [4.69, 9.17) is 28.4 Å². The van der Waals surface area contributed by atoms with E-state index >= 15 is 0 Å². The van der Waals surface area contributed by atoms with Crippen LogP contribution in [0, 0.1) is 0 Å². The van der Waals surface area contributed by atoms with E-state index in [9.17, 15) is 14.2 Å². The van der Waals surface area contributed by atoms with Crippen molar-refractivity contribution in [3.05, 3.63) is 25.3 Å². The molecule has 27 heavy (non-hydrogen) atoms. The van der Waals surface area contributed by atoms with Crippen LogP contribution in [0.5, 0.6) is 0 Å². The quantitative estimate of drug-likeness (QED) is 0.186. The molecule has 10 heteroatoms. The van der Waals surface area contributed by atoms with Gasteiger partial charge in [0.25, 0.3) is 0 Å². The first-order chi connectivity index (χ1) is 12.6. The number of esters is 2. The third-order valence-corrected chi connectivity index (χ3v) is 3.95. The standard InChI is InChI=1S/C17H27O9P/c1-8-14(18)23-12(5)25-16(7,21-10-3)17(27-20,22-11-4)26-13(6)24-15(19)9-2/h8-9,12-13H,1-2,10-11H2,3-7H3. The van der Waals surface area contributed by atoms with Crippen LogP contribution >= 0.6 is 8.46 Å². The van der Waals surface area contributed by atoms with Gasteiger partial charge in [0.2, 0.25) is 26.8 Å². The van der Waals surface area contributed by atoms with Gasteiger partial charge in [-0.05, 0) is 34.6 Å². The predicted molar refractivity (Wildman–Crippen MR) is 95.7 cm³/mol. The third-order valence-electron chi connectivity index (χ3n) is 3.07. The van der Waals surface area contributed by atoms with Crippen molar-refractivity contribution in [3.63, 3.8) is 0 Å². The van der Waals surface area contributed by atoms with Gasteiger partial charge in [-0.3, -0.25) is 9.30 Å². The van der Waals surface area contributed by atoms with Crippen molar-refractivity contribution in [1.82, 2.24) is 0 Å². The van der Waals surface area contributed by atoms with Gasteiger partial charge in [-0.1, -0.05) is 13.2 Å². The first-order valence-corrected chi connectivity index (χ1v) is 9.08. The lowest BCUT2D eigenvalue weighted by Gasteiger charge is -2.43. The largest absolute Gasteiger partial charge is 0.433 e. The third kappa shape index (κ3) is 7.48. The minimum atomic E-state index is -2.03. The molecule has 0 aliphatic rings. The van der Waals surface area contributed by atoms with Crippen LogP contribution in [0.25, 0.3) is 0 Å². The van der Waals surface area contributed by atoms with E-state index in [1.54, 1.807) is 13.8 Å². The van der Waals surface area contributed by atoms with Crippen molar-refractivity contribution in [3.8, 4) is 0 Å². The molecule has 0 fully saturated rings. The maximum atomic E-state index is 12.1. The highest BCUT2D eigenvalue weighted by Gasteiger charge is 2.57. The van der Waals surface area contributed by atoms with Crippen molar-refractivity contribution in [2.24, 2.45) is 0 Å². The minimum Gasteiger partial charge on any atom is -0.433 e. The minimum absolute atomic E-state index is 0.0597. The topological polar surface area (TPSA) is 107 Å². The highest BCUT2D eigenvalue weighted by molar-refractivity contribution is 7.25. The van der Waals surface area contributed by atoms with Crippen LogP contribution in [0.1, 0.15) is 34.6 Å². The Balaban J connectivity index is 5.76. The average molecular weight is 406 g/mol. The maximum absolute atomic E-state index is 12.1. The molecule has 0 saturated carbocycles. The Morgan fingerprint density at radius 2 is 1.41 bits per heavy atom. The number of hydrogen-bond donors (Lipinski definition) is 0. The Labute approximate surface area is 160 Å². The molecule has 0 radical (unpaired) electrons. The van der Waals surface area contributed by atoms with E-state index in [1.165, 1.54) is 20.8 Å². The molecule has 4 unspecified atom stereocenters. The summed E-state index contributed by atoms with van der Waals surface area (Å²) in [7, 11) is -0.676. The Morgan fingerprint density at radius 1 is 0.963 bits per heavy atom. The van der Waals surface area contributed by atoms with Crippen LogP contribution in [0.2, 0.25) is 0 Å². The molecule has 9 nitrogen and oxygen atoms in total. The molecule has 0 bridgehead atoms. The second-order valence-corrected chi connectivity index (χ2v) is 5.91. The fourth-order valence-corrected chi connectivity index (χ4v) is 2.74. The van der Waals surface area contributed by atoms with E-state index in [0.717, 1.165) is 12.2 Å². The highest BCUT2D eigenvalue weighted by atomic mass is 31.1. The molecule has 0 saturated heterocycles. The summed E-state index contributed by atoms with van der Waals surface area (Å²) in [6.07, 6.45) is -0.389. The number of carbonyl (C=O) groups is 2. The zero-order valence-corrected chi connectivity index (χ0v) is 17.2. The molecule has 154 valence electrons. The summed E-state index contributed by atoms with van der Waals surface area (Å²) in [6, 6.07) is 0. The van der Waals surface area contributed by atoms with Crippen LogP contribution < -0.4 is 0 Å². The van der Waals surface area contributed by atoms with Crippen LogP contribution in [0.3, 0.4) is 0 Å². The normalized spacial score (nSPS) is 17.8. The maximum Gasteiger partial charge on any atom is 0.332 e. The number of carbonyl (C=O) groups excluding carboxylic acids is 2. The molecular formula is C17H27O9P. The van der Waals surface area contributed by atoms with Crippen molar-refractivity contribution >= 4 is 20.4 Å². The molecule has 0 N–H and O–H groups in total. The fraction of sp³-hybridized carbons (Fsp3) is 0.647. The summed E-state index contributed by atoms with van der Waals surface area (Å²) in [6.45, 7) is 14.3. The van der Waals surface area contributed by atoms with Gasteiger partial charge < -0.3 is 23.7 Å². The van der Waals surface area contributed by atoms with Gasteiger partial charge in [0.1, 0.15) is 0 Å². The number of hydrogen-bond acceptors (Lipinski definition) is 9.